The molecule has 1 rings (SSSR count). The Morgan fingerprint density at radius 1 is 1.33 bits per heavy atom. The van der Waals surface area contributed by atoms with Crippen molar-refractivity contribution in [2.45, 2.75) is 26.8 Å². The van der Waals surface area contributed by atoms with E-state index in [4.69, 9.17) is 5.26 Å². The number of rotatable bonds is 0. The van der Waals surface area contributed by atoms with Crippen molar-refractivity contribution in [3.63, 3.8) is 0 Å². The Balaban J connectivity index is 0.000000561. The lowest BCUT2D eigenvalue weighted by Crippen LogP contribution is -2.47. The van der Waals surface area contributed by atoms with E-state index in [0.29, 0.717) is 6.04 Å². The fourth-order valence-corrected chi connectivity index (χ4v) is 1.29. The van der Waals surface area contributed by atoms with Crippen molar-refractivity contribution in [2.75, 3.05) is 26.7 Å². The van der Waals surface area contributed by atoms with Crippen molar-refractivity contribution in [3.8, 4) is 6.19 Å². The molecule has 0 bridgehead atoms. The lowest BCUT2D eigenvalue weighted by Gasteiger charge is -2.34. The largest absolute Gasteiger partial charge is 0.305 e. The lowest BCUT2D eigenvalue weighted by molar-refractivity contribution is 0.151. The second kappa shape index (κ2) is 5.84. The number of nitriles is 1. The molecule has 1 heterocycles. The Morgan fingerprint density at radius 3 is 2.33 bits per heavy atom. The first-order chi connectivity index (χ1) is 5.74. The molecular weight excluding hydrogens is 150 g/mol. The molecule has 0 aromatic rings. The van der Waals surface area contributed by atoms with E-state index < -0.39 is 0 Å². The van der Waals surface area contributed by atoms with E-state index >= 15 is 0 Å². The molecule has 1 aliphatic heterocycles. The molecule has 0 aliphatic carbocycles. The standard InChI is InChI=1S/C7H13N3.C2H6/c1-7-5-9(2)3-4-10(7)6-8;1-2/h7H,3-5H2,1-2H3;1-2H3/t7-;/m0./s1. The first-order valence-electron chi connectivity index (χ1n) is 4.59. The summed E-state index contributed by atoms with van der Waals surface area (Å²) >= 11 is 0. The van der Waals surface area contributed by atoms with Crippen LogP contribution in [0.4, 0.5) is 0 Å². The van der Waals surface area contributed by atoms with Crippen molar-refractivity contribution in [1.82, 2.24) is 9.80 Å². The molecule has 3 heteroatoms. The van der Waals surface area contributed by atoms with Crippen LogP contribution in [0.1, 0.15) is 20.8 Å². The summed E-state index contributed by atoms with van der Waals surface area (Å²) in [5, 5.41) is 8.61. The van der Waals surface area contributed by atoms with Gasteiger partial charge in [-0.15, -0.1) is 0 Å². The van der Waals surface area contributed by atoms with Gasteiger partial charge in [-0.3, -0.25) is 0 Å². The van der Waals surface area contributed by atoms with Crippen molar-refractivity contribution in [2.24, 2.45) is 0 Å². The Morgan fingerprint density at radius 2 is 1.92 bits per heavy atom. The number of nitrogens with zero attached hydrogens (tertiary/aromatic N) is 3. The van der Waals surface area contributed by atoms with Gasteiger partial charge in [-0.25, -0.2) is 0 Å². The van der Waals surface area contributed by atoms with E-state index in [2.05, 4.69) is 25.1 Å². The highest BCUT2D eigenvalue weighted by Gasteiger charge is 2.19. The predicted octanol–water partition coefficient (Wildman–Crippen LogP) is 1.13. The highest BCUT2D eigenvalue weighted by molar-refractivity contribution is 4.85. The molecule has 0 aromatic heterocycles. The molecule has 12 heavy (non-hydrogen) atoms. The maximum absolute atomic E-state index is 8.61. The SMILES string of the molecule is CC.C[C@H]1CN(C)CCN1C#N. The van der Waals surface area contributed by atoms with E-state index in [9.17, 15) is 0 Å². The van der Waals surface area contributed by atoms with Gasteiger partial charge < -0.3 is 9.80 Å². The Kier molecular flexibility index (Phi) is 5.48. The highest BCUT2D eigenvalue weighted by Crippen LogP contribution is 2.04. The zero-order valence-corrected chi connectivity index (χ0v) is 8.54. The van der Waals surface area contributed by atoms with Gasteiger partial charge in [0, 0.05) is 25.7 Å². The summed E-state index contributed by atoms with van der Waals surface area (Å²) in [5.41, 5.74) is 0. The average Bonchev–Trinajstić information content (AvgIpc) is 2.08. The van der Waals surface area contributed by atoms with E-state index in [0.717, 1.165) is 19.6 Å². The maximum atomic E-state index is 8.61. The summed E-state index contributed by atoms with van der Waals surface area (Å²) < 4.78 is 0. The van der Waals surface area contributed by atoms with Gasteiger partial charge in [-0.2, -0.15) is 5.26 Å². The van der Waals surface area contributed by atoms with Crippen LogP contribution in [0, 0.1) is 11.5 Å². The van der Waals surface area contributed by atoms with E-state index in [1.165, 1.54) is 0 Å². The van der Waals surface area contributed by atoms with Gasteiger partial charge in [0.2, 0.25) is 0 Å². The molecule has 0 N–H and O–H groups in total. The number of likely N-dealkylation sites (N-methyl/N-ethyl adjacent to an activating group) is 1. The summed E-state index contributed by atoms with van der Waals surface area (Å²) in [7, 11) is 2.09. The smallest absolute Gasteiger partial charge is 0.179 e. The van der Waals surface area contributed by atoms with Crippen molar-refractivity contribution < 1.29 is 0 Å². The minimum atomic E-state index is 0.392. The fourth-order valence-electron chi connectivity index (χ4n) is 1.29. The molecule has 0 radical (unpaired) electrons. The van der Waals surface area contributed by atoms with Crippen LogP contribution in [0.15, 0.2) is 0 Å². The lowest BCUT2D eigenvalue weighted by atomic mass is 10.2. The van der Waals surface area contributed by atoms with Crippen LogP contribution in [-0.4, -0.2) is 42.5 Å². The average molecular weight is 169 g/mol. The summed E-state index contributed by atoms with van der Waals surface area (Å²) in [6.07, 6.45) is 2.18. The normalized spacial score (nSPS) is 23.9. The number of hydrogen-bond donors (Lipinski definition) is 0. The monoisotopic (exact) mass is 169 g/mol. The third kappa shape index (κ3) is 3.10. The fraction of sp³-hybridized carbons (Fsp3) is 0.889. The van der Waals surface area contributed by atoms with Crippen LogP contribution < -0.4 is 0 Å². The third-order valence-corrected chi connectivity index (χ3v) is 1.96. The summed E-state index contributed by atoms with van der Waals surface area (Å²) in [6.45, 7) is 8.98. The molecular formula is C9H19N3. The quantitative estimate of drug-likeness (QED) is 0.509. The van der Waals surface area contributed by atoms with Crippen molar-refractivity contribution in [1.29, 1.82) is 5.26 Å². The zero-order valence-electron chi connectivity index (χ0n) is 8.54. The van der Waals surface area contributed by atoms with Crippen molar-refractivity contribution >= 4 is 0 Å². The van der Waals surface area contributed by atoms with Gasteiger partial charge in [0.15, 0.2) is 6.19 Å². The molecule has 0 amide bonds. The molecule has 0 unspecified atom stereocenters. The zero-order chi connectivity index (χ0) is 9.56. The Labute approximate surface area is 75.6 Å². The van der Waals surface area contributed by atoms with E-state index in [-0.39, 0.29) is 0 Å². The van der Waals surface area contributed by atoms with Crippen LogP contribution >= 0.6 is 0 Å². The summed E-state index contributed by atoms with van der Waals surface area (Å²) in [5.74, 6) is 0. The second-order valence-electron chi connectivity index (χ2n) is 2.90. The molecule has 1 fully saturated rings. The first-order valence-corrected chi connectivity index (χ1v) is 4.59. The van der Waals surface area contributed by atoms with Crippen LogP contribution in [0.2, 0.25) is 0 Å². The second-order valence-corrected chi connectivity index (χ2v) is 2.90. The minimum absolute atomic E-state index is 0.392. The summed E-state index contributed by atoms with van der Waals surface area (Å²) in [4.78, 5) is 4.08. The van der Waals surface area contributed by atoms with Gasteiger partial charge in [-0.1, -0.05) is 13.8 Å². The van der Waals surface area contributed by atoms with Gasteiger partial charge in [0.1, 0.15) is 0 Å². The van der Waals surface area contributed by atoms with Crippen molar-refractivity contribution in [3.05, 3.63) is 0 Å². The Bertz CT molecular complexity index is 150. The molecule has 0 saturated carbocycles. The van der Waals surface area contributed by atoms with Gasteiger partial charge >= 0.3 is 0 Å². The molecule has 0 spiro atoms. The molecule has 70 valence electrons. The van der Waals surface area contributed by atoms with Gasteiger partial charge in [0.25, 0.3) is 0 Å². The Hall–Kier alpha value is -0.750. The molecule has 0 aromatic carbocycles. The maximum Gasteiger partial charge on any atom is 0.179 e. The van der Waals surface area contributed by atoms with Crippen LogP contribution in [0.3, 0.4) is 0 Å². The molecule has 1 saturated heterocycles. The van der Waals surface area contributed by atoms with Gasteiger partial charge in [-0.05, 0) is 14.0 Å². The van der Waals surface area contributed by atoms with Crippen LogP contribution in [-0.2, 0) is 0 Å². The summed E-state index contributed by atoms with van der Waals surface area (Å²) in [6, 6.07) is 0.392. The predicted molar refractivity (Wildman–Crippen MR) is 50.6 cm³/mol. The number of piperazine rings is 1. The van der Waals surface area contributed by atoms with Gasteiger partial charge in [0.05, 0.1) is 0 Å². The topological polar surface area (TPSA) is 30.3 Å². The minimum Gasteiger partial charge on any atom is -0.305 e. The molecule has 1 atom stereocenters. The molecule has 3 nitrogen and oxygen atoms in total. The highest BCUT2D eigenvalue weighted by atomic mass is 15.3. The first kappa shape index (κ1) is 11.2. The number of hydrogen-bond acceptors (Lipinski definition) is 3. The van der Waals surface area contributed by atoms with Crippen LogP contribution in [0.5, 0.6) is 0 Å². The van der Waals surface area contributed by atoms with Crippen LogP contribution in [0.25, 0.3) is 0 Å². The van der Waals surface area contributed by atoms with E-state index in [1.54, 1.807) is 0 Å². The molecule has 1 aliphatic rings. The third-order valence-electron chi connectivity index (χ3n) is 1.96. The van der Waals surface area contributed by atoms with E-state index in [1.807, 2.05) is 18.7 Å².